The van der Waals surface area contributed by atoms with Gasteiger partial charge in [-0.05, 0) is 0 Å². The molecule has 0 aromatic heterocycles. The maximum absolute atomic E-state index is 4.81. The molecule has 0 amide bonds. The predicted molar refractivity (Wildman–Crippen MR) is 19.7 cm³/mol. The summed E-state index contributed by atoms with van der Waals surface area (Å²) in [4.78, 5) is 2.25. The van der Waals surface area contributed by atoms with Crippen LogP contribution in [0.2, 0.25) is 0 Å². The van der Waals surface area contributed by atoms with E-state index in [2.05, 4.69) is 12.0 Å². The van der Waals surface area contributed by atoms with E-state index in [-0.39, 0.29) is 5.96 Å². The third-order valence-corrected chi connectivity index (χ3v) is 0.204. The molecule has 5 N–H and O–H groups in total. The number of nitrogens with two attached hydrogens (primary N) is 2. The van der Waals surface area contributed by atoms with Gasteiger partial charge in [-0.3, -0.25) is 0 Å². The van der Waals surface area contributed by atoms with Crippen LogP contribution in [0.25, 0.3) is 0 Å². The molecular formula is C2H7N3. The third kappa shape index (κ3) is 3.14. The average Bonchev–Trinajstić information content (AvgIpc) is 1.38. The molecule has 0 radical (unpaired) electrons. The van der Waals surface area contributed by atoms with E-state index in [4.69, 9.17) is 11.5 Å². The van der Waals surface area contributed by atoms with Crippen molar-refractivity contribution in [2.24, 2.45) is 11.5 Å². The Hall–Kier alpha value is -0.860. The quantitative estimate of drug-likeness (QED) is 0.164. The van der Waals surface area contributed by atoms with Gasteiger partial charge in [-0.1, -0.05) is 0 Å². The first-order chi connectivity index (χ1) is 2.27. The van der Waals surface area contributed by atoms with Crippen molar-refractivity contribution in [3.05, 3.63) is 7.05 Å². The minimum Gasteiger partial charge on any atom is -0.415 e. The Labute approximate surface area is 30.7 Å². The van der Waals surface area contributed by atoms with E-state index >= 15 is 0 Å². The Kier molecular flexibility index (Phi) is 1.21. The fourth-order valence-corrected chi connectivity index (χ4v) is 0. The lowest BCUT2D eigenvalue weighted by Crippen LogP contribution is -2.71. The summed E-state index contributed by atoms with van der Waals surface area (Å²) in [7, 11) is 3.15. The van der Waals surface area contributed by atoms with E-state index < -0.39 is 0 Å². The van der Waals surface area contributed by atoms with E-state index in [1.807, 2.05) is 0 Å². The van der Waals surface area contributed by atoms with Crippen molar-refractivity contribution < 1.29 is 4.99 Å². The van der Waals surface area contributed by atoms with Crippen LogP contribution < -0.4 is 16.5 Å². The maximum Gasteiger partial charge on any atom is 0.193 e. The van der Waals surface area contributed by atoms with Crippen LogP contribution >= 0.6 is 0 Å². The van der Waals surface area contributed by atoms with Crippen LogP contribution in [0.4, 0.5) is 0 Å². The molecule has 5 heavy (non-hydrogen) atoms. The zero-order chi connectivity index (χ0) is 4.28. The molecule has 0 fully saturated rings. The number of nitrogens with one attached hydrogen (secondary N) is 1. The van der Waals surface area contributed by atoms with Crippen LogP contribution in [-0.2, 0) is 0 Å². The molecule has 3 nitrogen and oxygen atoms in total. The van der Waals surface area contributed by atoms with Crippen molar-refractivity contribution in [2.45, 2.75) is 0 Å². The average molecular weight is 73.1 g/mol. The molecule has 3 heteroatoms. The summed E-state index contributed by atoms with van der Waals surface area (Å²) in [6, 6.07) is 0. The van der Waals surface area contributed by atoms with Crippen LogP contribution in [0.15, 0.2) is 0 Å². The molecular weight excluding hydrogens is 66.0 g/mol. The molecule has 30 valence electrons. The second-order valence-corrected chi connectivity index (χ2v) is 0.632. The zero-order valence-corrected chi connectivity index (χ0v) is 2.86. The standard InChI is InChI=1S/C2H7N3/c1-5-2(3)4/h5H,1,3-4H2. The summed E-state index contributed by atoms with van der Waals surface area (Å²) >= 11 is 0. The van der Waals surface area contributed by atoms with E-state index in [1.54, 1.807) is 0 Å². The van der Waals surface area contributed by atoms with Gasteiger partial charge in [0.15, 0.2) is 5.96 Å². The number of hydrogen-bond acceptors (Lipinski definition) is 0. The Morgan fingerprint density at radius 3 is 1.80 bits per heavy atom. The normalized spacial score (nSPS) is 6.40. The highest BCUT2D eigenvalue weighted by molar-refractivity contribution is 5.69. The van der Waals surface area contributed by atoms with Crippen LogP contribution in [-0.4, -0.2) is 5.96 Å². The van der Waals surface area contributed by atoms with Crippen LogP contribution in [0.3, 0.4) is 0 Å². The SMILES string of the molecule is [CH2-][NH+]=C(N)N. The van der Waals surface area contributed by atoms with Gasteiger partial charge in [0, 0.05) is 0 Å². The highest BCUT2D eigenvalue weighted by Gasteiger charge is 1.58. The van der Waals surface area contributed by atoms with Crippen molar-refractivity contribution in [3.8, 4) is 0 Å². The number of rotatable bonds is 0. The van der Waals surface area contributed by atoms with Crippen LogP contribution in [0.5, 0.6) is 0 Å². The molecule has 0 heterocycles. The van der Waals surface area contributed by atoms with Crippen molar-refractivity contribution in [2.75, 3.05) is 0 Å². The summed E-state index contributed by atoms with van der Waals surface area (Å²) in [6.45, 7) is 0. The Morgan fingerprint density at radius 2 is 1.80 bits per heavy atom. The topological polar surface area (TPSA) is 66.0 Å². The predicted octanol–water partition coefficient (Wildman–Crippen LogP) is -2.87. The highest BCUT2D eigenvalue weighted by Crippen LogP contribution is 0.991. The molecule has 0 aliphatic rings. The van der Waals surface area contributed by atoms with Crippen LogP contribution in [0, 0.1) is 7.05 Å². The summed E-state index contributed by atoms with van der Waals surface area (Å²) in [5, 5.41) is 0. The van der Waals surface area contributed by atoms with Gasteiger partial charge in [0.05, 0.1) is 0 Å². The molecule has 0 aromatic rings. The molecule has 0 rings (SSSR count). The fourth-order valence-electron chi connectivity index (χ4n) is 0. The second kappa shape index (κ2) is 1.46. The van der Waals surface area contributed by atoms with Gasteiger partial charge in [0.2, 0.25) is 0 Å². The molecule has 0 aliphatic heterocycles. The monoisotopic (exact) mass is 73.1 g/mol. The molecule has 0 unspecified atom stereocenters. The molecule has 0 saturated heterocycles. The Bertz CT molecular complexity index is 42.9. The van der Waals surface area contributed by atoms with E-state index in [9.17, 15) is 0 Å². The fraction of sp³-hybridized carbons (Fsp3) is 0. The molecule has 0 atom stereocenters. The summed E-state index contributed by atoms with van der Waals surface area (Å²) in [6.07, 6.45) is 0. The summed E-state index contributed by atoms with van der Waals surface area (Å²) in [5.41, 5.74) is 9.62. The van der Waals surface area contributed by atoms with Crippen molar-refractivity contribution in [1.29, 1.82) is 0 Å². The molecule has 0 saturated carbocycles. The number of hydrogen-bond donors (Lipinski definition) is 3. The highest BCUT2D eigenvalue weighted by atomic mass is 15.0. The zero-order valence-electron chi connectivity index (χ0n) is 2.86. The maximum atomic E-state index is 4.81. The summed E-state index contributed by atoms with van der Waals surface area (Å²) in [5.74, 6) is 0.144. The second-order valence-electron chi connectivity index (χ2n) is 0.632. The lowest BCUT2D eigenvalue weighted by molar-refractivity contribution is -0.383. The third-order valence-electron chi connectivity index (χ3n) is 0.204. The van der Waals surface area contributed by atoms with Crippen molar-refractivity contribution in [3.63, 3.8) is 0 Å². The largest absolute Gasteiger partial charge is 0.415 e. The minimum atomic E-state index is 0.144. The first kappa shape index (κ1) is 4.14. The minimum absolute atomic E-state index is 0.144. The van der Waals surface area contributed by atoms with Gasteiger partial charge in [-0.25, -0.2) is 0 Å². The lowest BCUT2D eigenvalue weighted by Gasteiger charge is -1.81. The van der Waals surface area contributed by atoms with Gasteiger partial charge < -0.3 is 16.5 Å². The first-order valence-electron chi connectivity index (χ1n) is 1.18. The van der Waals surface area contributed by atoms with Crippen LogP contribution in [0.1, 0.15) is 0 Å². The van der Waals surface area contributed by atoms with E-state index in [0.29, 0.717) is 0 Å². The van der Waals surface area contributed by atoms with Crippen molar-refractivity contribution >= 4 is 5.96 Å². The smallest absolute Gasteiger partial charge is 0.193 e. The van der Waals surface area contributed by atoms with Gasteiger partial charge in [-0.2, -0.15) is 0 Å². The molecule has 0 spiro atoms. The van der Waals surface area contributed by atoms with E-state index in [1.165, 1.54) is 0 Å². The molecule has 0 bridgehead atoms. The molecule has 0 aliphatic carbocycles. The van der Waals surface area contributed by atoms with E-state index in [0.717, 1.165) is 0 Å². The Balaban J connectivity index is 3.14. The van der Waals surface area contributed by atoms with Crippen molar-refractivity contribution in [1.82, 2.24) is 0 Å². The van der Waals surface area contributed by atoms with Gasteiger partial charge >= 0.3 is 0 Å². The molecule has 0 aromatic carbocycles. The summed E-state index contributed by atoms with van der Waals surface area (Å²) < 4.78 is 0. The Morgan fingerprint density at radius 1 is 1.60 bits per heavy atom. The van der Waals surface area contributed by atoms with Gasteiger partial charge in [-0.15, -0.1) is 7.05 Å². The number of guanidine groups is 1. The van der Waals surface area contributed by atoms with Gasteiger partial charge in [0.1, 0.15) is 0 Å². The lowest BCUT2D eigenvalue weighted by atomic mass is 11.1. The van der Waals surface area contributed by atoms with Gasteiger partial charge in [0.25, 0.3) is 0 Å². The first-order valence-corrected chi connectivity index (χ1v) is 1.18.